The fourth-order valence-corrected chi connectivity index (χ4v) is 2.57. The summed E-state index contributed by atoms with van der Waals surface area (Å²) in [7, 11) is 0. The molecule has 29 heavy (non-hydrogen) atoms. The van der Waals surface area contributed by atoms with Crippen molar-refractivity contribution < 1.29 is 24.3 Å². The predicted molar refractivity (Wildman–Crippen MR) is 104 cm³/mol. The molecule has 0 aliphatic carbocycles. The maximum atomic E-state index is 12.5. The minimum Gasteiger partial charge on any atom is -0.372 e. The number of primary amides is 2. The zero-order valence-corrected chi connectivity index (χ0v) is 15.7. The van der Waals surface area contributed by atoms with Gasteiger partial charge in [0.2, 0.25) is 17.4 Å². The molecule has 2 aromatic rings. The summed E-state index contributed by atoms with van der Waals surface area (Å²) in [6.45, 7) is 0.934. The Bertz CT molecular complexity index is 826. The van der Waals surface area contributed by atoms with E-state index in [9.17, 15) is 24.3 Å². The van der Waals surface area contributed by atoms with Gasteiger partial charge in [0.05, 0.1) is 0 Å². The van der Waals surface area contributed by atoms with Gasteiger partial charge in [-0.15, -0.1) is 0 Å². The molecule has 2 rings (SSSR count). The molecule has 2 aromatic carbocycles. The molecule has 4 amide bonds. The average Bonchev–Trinajstić information content (AvgIpc) is 2.70. The van der Waals surface area contributed by atoms with Crippen LogP contribution in [0.1, 0.15) is 30.1 Å². The number of nitrogens with one attached hydrogen (secondary N) is 2. The highest BCUT2D eigenvalue weighted by atomic mass is 16.3. The van der Waals surface area contributed by atoms with Crippen LogP contribution >= 0.6 is 0 Å². The van der Waals surface area contributed by atoms with E-state index in [1.54, 1.807) is 60.7 Å². The van der Waals surface area contributed by atoms with Crippen LogP contribution in [0, 0.1) is 0 Å². The number of amides is 4. The van der Waals surface area contributed by atoms with Crippen molar-refractivity contribution in [1.29, 1.82) is 0 Å². The van der Waals surface area contributed by atoms with E-state index in [4.69, 9.17) is 11.5 Å². The first-order valence-electron chi connectivity index (χ1n) is 8.67. The number of carbonyl (C=O) groups excluding carboxylic acids is 4. The van der Waals surface area contributed by atoms with Crippen LogP contribution in [0.5, 0.6) is 0 Å². The molecule has 0 spiro atoms. The first-order valence-corrected chi connectivity index (χ1v) is 8.67. The van der Waals surface area contributed by atoms with E-state index in [0.29, 0.717) is 11.1 Å². The van der Waals surface area contributed by atoms with Crippen molar-refractivity contribution >= 4 is 23.6 Å². The van der Waals surface area contributed by atoms with Crippen LogP contribution < -0.4 is 22.1 Å². The van der Waals surface area contributed by atoms with Crippen molar-refractivity contribution in [1.82, 2.24) is 10.6 Å². The Morgan fingerprint density at radius 1 is 0.759 bits per heavy atom. The van der Waals surface area contributed by atoms with E-state index in [2.05, 4.69) is 10.6 Å². The molecule has 0 unspecified atom stereocenters. The highest BCUT2D eigenvalue weighted by Gasteiger charge is 2.42. The summed E-state index contributed by atoms with van der Waals surface area (Å²) >= 11 is 0. The topological polar surface area (TPSA) is 165 Å². The minimum absolute atomic E-state index is 0.379. The van der Waals surface area contributed by atoms with Gasteiger partial charge >= 0.3 is 0 Å². The summed E-state index contributed by atoms with van der Waals surface area (Å²) in [6.07, 6.45) is 0. The van der Waals surface area contributed by atoms with Gasteiger partial charge in [0.25, 0.3) is 11.8 Å². The Balaban J connectivity index is 2.19. The summed E-state index contributed by atoms with van der Waals surface area (Å²) < 4.78 is 0. The van der Waals surface area contributed by atoms with Gasteiger partial charge < -0.3 is 27.2 Å². The molecule has 0 saturated carbocycles. The molecule has 0 aromatic heterocycles. The van der Waals surface area contributed by atoms with Gasteiger partial charge in [0.1, 0.15) is 12.1 Å². The molecule has 0 bridgehead atoms. The van der Waals surface area contributed by atoms with E-state index in [1.807, 2.05) is 0 Å². The molecule has 0 heterocycles. The first kappa shape index (κ1) is 21.6. The fourth-order valence-electron chi connectivity index (χ4n) is 2.57. The van der Waals surface area contributed by atoms with Crippen LogP contribution in [0.3, 0.4) is 0 Å². The third-order valence-corrected chi connectivity index (χ3v) is 4.27. The highest BCUT2D eigenvalue weighted by Crippen LogP contribution is 2.17. The first-order chi connectivity index (χ1) is 13.6. The van der Waals surface area contributed by atoms with Crippen molar-refractivity contribution in [3.63, 3.8) is 0 Å². The average molecular weight is 398 g/mol. The van der Waals surface area contributed by atoms with E-state index in [1.165, 1.54) is 0 Å². The van der Waals surface area contributed by atoms with Gasteiger partial charge in [0.15, 0.2) is 0 Å². The second-order valence-corrected chi connectivity index (χ2v) is 6.51. The molecule has 152 valence electrons. The highest BCUT2D eigenvalue weighted by molar-refractivity contribution is 6.09. The summed E-state index contributed by atoms with van der Waals surface area (Å²) in [4.78, 5) is 48.6. The monoisotopic (exact) mass is 398 g/mol. The van der Waals surface area contributed by atoms with Crippen LogP contribution in [-0.2, 0) is 19.2 Å². The third-order valence-electron chi connectivity index (χ3n) is 4.27. The van der Waals surface area contributed by atoms with Crippen molar-refractivity contribution in [3.8, 4) is 0 Å². The van der Waals surface area contributed by atoms with Crippen molar-refractivity contribution in [2.75, 3.05) is 0 Å². The predicted octanol–water partition coefficient (Wildman–Crippen LogP) is -0.577. The lowest BCUT2D eigenvalue weighted by atomic mass is 10.00. The number of aliphatic hydroxyl groups is 1. The SMILES string of the molecule is CC(O)(C(=O)N[C@H](C(N)=O)c1ccccc1)C(=O)N[C@H](C(N)=O)c1ccccc1. The second kappa shape index (κ2) is 8.98. The standard InChI is InChI=1S/C20H22N4O5/c1-20(29,18(27)23-14(16(21)25)12-8-4-2-5-9-12)19(28)24-15(17(22)26)13-10-6-3-7-11-13/h2-11,14-15,29H,1H3,(H2,21,25)(H2,22,26)(H,23,27)(H,24,28)/t14-,15-/m0/s1. The Labute approximate surface area is 167 Å². The lowest BCUT2D eigenvalue weighted by Crippen LogP contribution is -2.58. The number of hydrogen-bond donors (Lipinski definition) is 5. The molecule has 2 atom stereocenters. The van der Waals surface area contributed by atoms with E-state index in [0.717, 1.165) is 6.92 Å². The molecule has 7 N–H and O–H groups in total. The smallest absolute Gasteiger partial charge is 0.262 e. The Hall–Kier alpha value is -3.72. The van der Waals surface area contributed by atoms with E-state index in [-0.39, 0.29) is 0 Å². The summed E-state index contributed by atoms with van der Waals surface area (Å²) in [6, 6.07) is 13.7. The van der Waals surface area contributed by atoms with Crippen LogP contribution in [0.25, 0.3) is 0 Å². The maximum Gasteiger partial charge on any atom is 0.262 e. The van der Waals surface area contributed by atoms with Gasteiger partial charge in [-0.05, 0) is 18.1 Å². The zero-order chi connectivity index (χ0) is 21.6. The van der Waals surface area contributed by atoms with Gasteiger partial charge in [-0.2, -0.15) is 0 Å². The van der Waals surface area contributed by atoms with E-state index < -0.39 is 41.3 Å². The number of hydrogen-bond acceptors (Lipinski definition) is 5. The number of carbonyl (C=O) groups is 4. The second-order valence-electron chi connectivity index (χ2n) is 6.51. The molecule has 0 fully saturated rings. The van der Waals surface area contributed by atoms with Gasteiger partial charge in [-0.25, -0.2) is 0 Å². The van der Waals surface area contributed by atoms with Crippen molar-refractivity contribution in [2.24, 2.45) is 11.5 Å². The lowest BCUT2D eigenvalue weighted by Gasteiger charge is -2.26. The fraction of sp³-hybridized carbons (Fsp3) is 0.200. The Morgan fingerprint density at radius 2 is 1.07 bits per heavy atom. The quantitative estimate of drug-likeness (QED) is 0.375. The van der Waals surface area contributed by atoms with Crippen molar-refractivity contribution in [2.45, 2.75) is 24.6 Å². The summed E-state index contributed by atoms with van der Waals surface area (Å²) in [5.74, 6) is -4.09. The Morgan fingerprint density at radius 3 is 1.34 bits per heavy atom. The lowest BCUT2D eigenvalue weighted by molar-refractivity contribution is -0.154. The largest absolute Gasteiger partial charge is 0.372 e. The van der Waals surface area contributed by atoms with E-state index >= 15 is 0 Å². The van der Waals surface area contributed by atoms with Gasteiger partial charge in [-0.1, -0.05) is 60.7 Å². The summed E-state index contributed by atoms with van der Waals surface area (Å²) in [5, 5.41) is 15.0. The molecule has 0 radical (unpaired) electrons. The molecular formula is C20H22N4O5. The number of rotatable bonds is 8. The summed E-state index contributed by atoms with van der Waals surface area (Å²) in [5.41, 5.74) is 8.82. The number of benzene rings is 2. The third kappa shape index (κ3) is 5.17. The van der Waals surface area contributed by atoms with Crippen LogP contribution in [0.15, 0.2) is 60.7 Å². The molecular weight excluding hydrogens is 376 g/mol. The molecule has 0 aliphatic heterocycles. The molecule has 9 nitrogen and oxygen atoms in total. The van der Waals surface area contributed by atoms with Crippen LogP contribution in [-0.4, -0.2) is 34.3 Å². The van der Waals surface area contributed by atoms with Crippen LogP contribution in [0.2, 0.25) is 0 Å². The van der Waals surface area contributed by atoms with Gasteiger partial charge in [0, 0.05) is 0 Å². The minimum atomic E-state index is -2.61. The number of nitrogens with two attached hydrogens (primary N) is 2. The van der Waals surface area contributed by atoms with Gasteiger partial charge in [-0.3, -0.25) is 19.2 Å². The Kier molecular flexibility index (Phi) is 6.68. The zero-order valence-electron chi connectivity index (χ0n) is 15.7. The molecule has 9 heteroatoms. The molecule has 0 aliphatic rings. The maximum absolute atomic E-state index is 12.5. The van der Waals surface area contributed by atoms with Crippen LogP contribution in [0.4, 0.5) is 0 Å². The van der Waals surface area contributed by atoms with Crippen molar-refractivity contribution in [3.05, 3.63) is 71.8 Å². The molecule has 0 saturated heterocycles. The normalized spacial score (nSPS) is 13.0.